The van der Waals surface area contributed by atoms with Crippen molar-refractivity contribution in [1.29, 1.82) is 0 Å². The van der Waals surface area contributed by atoms with Crippen LogP contribution in [-0.4, -0.2) is 28.0 Å². The van der Waals surface area contributed by atoms with Gasteiger partial charge in [-0.05, 0) is 54.8 Å². The zero-order chi connectivity index (χ0) is 23.1. The number of carbonyl (C=O) groups is 1. The number of benzene rings is 3. The number of halogens is 1. The van der Waals surface area contributed by atoms with Crippen molar-refractivity contribution < 1.29 is 17.9 Å². The Kier molecular flexibility index (Phi) is 8.06. The molecule has 2 N–H and O–H groups in total. The Morgan fingerprint density at radius 1 is 1.03 bits per heavy atom. The van der Waals surface area contributed by atoms with E-state index in [1.165, 1.54) is 19.2 Å². The van der Waals surface area contributed by atoms with Gasteiger partial charge < -0.3 is 10.1 Å². The highest BCUT2D eigenvalue weighted by Gasteiger charge is 2.22. The Hall–Kier alpha value is -2.68. The number of hydrogen-bond donors (Lipinski definition) is 2. The van der Waals surface area contributed by atoms with Crippen LogP contribution in [0.5, 0.6) is 5.75 Å². The third kappa shape index (κ3) is 6.18. The van der Waals surface area contributed by atoms with Gasteiger partial charge in [0.1, 0.15) is 10.6 Å². The fraction of sp³-hybridized carbons (Fsp3) is 0.208. The van der Waals surface area contributed by atoms with Crippen LogP contribution >= 0.6 is 15.9 Å². The second kappa shape index (κ2) is 10.8. The minimum Gasteiger partial charge on any atom is -0.495 e. The molecule has 0 saturated heterocycles. The van der Waals surface area contributed by atoms with Crippen molar-refractivity contribution >= 4 is 31.9 Å². The van der Waals surface area contributed by atoms with E-state index < -0.39 is 10.0 Å². The molecule has 1 atom stereocenters. The minimum atomic E-state index is -3.88. The molecule has 0 aromatic heterocycles. The molecule has 32 heavy (non-hydrogen) atoms. The lowest BCUT2D eigenvalue weighted by atomic mass is 10.1. The van der Waals surface area contributed by atoms with Gasteiger partial charge in [-0.15, -0.1) is 0 Å². The lowest BCUT2D eigenvalue weighted by Crippen LogP contribution is -2.28. The van der Waals surface area contributed by atoms with E-state index in [-0.39, 0.29) is 34.7 Å². The van der Waals surface area contributed by atoms with Crippen molar-refractivity contribution in [1.82, 2.24) is 10.0 Å². The van der Waals surface area contributed by atoms with E-state index >= 15 is 0 Å². The van der Waals surface area contributed by atoms with Crippen molar-refractivity contribution in [3.05, 3.63) is 94.0 Å². The molecule has 0 aliphatic carbocycles. The average molecular weight is 517 g/mol. The molecule has 0 saturated carbocycles. The van der Waals surface area contributed by atoms with E-state index in [1.54, 1.807) is 6.07 Å². The molecule has 3 aromatic rings. The molecule has 0 aliphatic rings. The van der Waals surface area contributed by atoms with E-state index in [1.807, 2.05) is 61.5 Å². The van der Waals surface area contributed by atoms with Crippen molar-refractivity contribution in [2.24, 2.45) is 0 Å². The molecule has 0 fully saturated rings. The van der Waals surface area contributed by atoms with Crippen LogP contribution in [0.4, 0.5) is 0 Å². The average Bonchev–Trinajstić information content (AvgIpc) is 2.79. The topological polar surface area (TPSA) is 84.5 Å². The van der Waals surface area contributed by atoms with Crippen molar-refractivity contribution in [2.75, 3.05) is 13.7 Å². The van der Waals surface area contributed by atoms with Crippen LogP contribution in [0.1, 0.15) is 34.5 Å². The van der Waals surface area contributed by atoms with Gasteiger partial charge in [0.2, 0.25) is 10.0 Å². The number of rotatable bonds is 9. The molecule has 168 valence electrons. The fourth-order valence-corrected chi connectivity index (χ4v) is 4.86. The molecule has 0 radical (unpaired) electrons. The Balaban J connectivity index is 1.75. The van der Waals surface area contributed by atoms with Crippen LogP contribution in [0, 0.1) is 0 Å². The maximum absolute atomic E-state index is 12.9. The van der Waals surface area contributed by atoms with E-state index in [0.29, 0.717) is 6.42 Å². The highest BCUT2D eigenvalue weighted by molar-refractivity contribution is 9.10. The summed E-state index contributed by atoms with van der Waals surface area (Å²) in [5.41, 5.74) is 2.18. The fourth-order valence-electron chi connectivity index (χ4n) is 3.22. The van der Waals surface area contributed by atoms with Gasteiger partial charge in [-0.25, -0.2) is 13.1 Å². The first-order valence-electron chi connectivity index (χ1n) is 10.1. The monoisotopic (exact) mass is 516 g/mol. The molecule has 0 aliphatic heterocycles. The van der Waals surface area contributed by atoms with Gasteiger partial charge in [-0.1, -0.05) is 58.4 Å². The molecule has 1 unspecified atom stereocenters. The van der Waals surface area contributed by atoms with Crippen LogP contribution in [0.2, 0.25) is 0 Å². The van der Waals surface area contributed by atoms with Gasteiger partial charge in [0.25, 0.3) is 5.91 Å². The lowest BCUT2D eigenvalue weighted by Gasteiger charge is -2.16. The van der Waals surface area contributed by atoms with Crippen molar-refractivity contribution in [3.8, 4) is 5.75 Å². The van der Waals surface area contributed by atoms with E-state index in [4.69, 9.17) is 4.74 Å². The number of carbonyl (C=O) groups excluding carboxylic acids is 1. The summed E-state index contributed by atoms with van der Waals surface area (Å²) in [6.45, 7) is 2.10. The third-order valence-corrected chi connectivity index (χ3v) is 6.94. The molecule has 3 rings (SSSR count). The minimum absolute atomic E-state index is 0.0733. The van der Waals surface area contributed by atoms with Crippen LogP contribution in [0.3, 0.4) is 0 Å². The van der Waals surface area contributed by atoms with Gasteiger partial charge >= 0.3 is 0 Å². The largest absolute Gasteiger partial charge is 0.495 e. The van der Waals surface area contributed by atoms with Crippen molar-refractivity contribution in [3.63, 3.8) is 0 Å². The number of ether oxygens (including phenoxy) is 1. The summed E-state index contributed by atoms with van der Waals surface area (Å²) in [7, 11) is -2.48. The Morgan fingerprint density at radius 3 is 2.47 bits per heavy atom. The van der Waals surface area contributed by atoms with E-state index in [0.717, 1.165) is 15.6 Å². The van der Waals surface area contributed by atoms with E-state index in [2.05, 4.69) is 26.0 Å². The maximum Gasteiger partial charge on any atom is 0.251 e. The molecule has 6 nitrogen and oxygen atoms in total. The molecule has 0 spiro atoms. The lowest BCUT2D eigenvalue weighted by molar-refractivity contribution is 0.0939. The summed E-state index contributed by atoms with van der Waals surface area (Å²) < 4.78 is 34.6. The Morgan fingerprint density at radius 2 is 1.78 bits per heavy atom. The van der Waals surface area contributed by atoms with Gasteiger partial charge in [0.05, 0.1) is 13.2 Å². The van der Waals surface area contributed by atoms with Gasteiger partial charge in [-0.2, -0.15) is 0 Å². The molecule has 0 heterocycles. The molecule has 3 aromatic carbocycles. The smallest absolute Gasteiger partial charge is 0.251 e. The molecular formula is C24H25BrN2O4S. The first-order valence-corrected chi connectivity index (χ1v) is 12.4. The van der Waals surface area contributed by atoms with Crippen LogP contribution in [0.25, 0.3) is 0 Å². The number of sulfonamides is 1. The SMILES string of the molecule is COc1ccc(C(=O)NC(C)c2cccc(Br)c2)cc1S(=O)(=O)NCCc1ccccc1. The Bertz CT molecular complexity index is 1180. The standard InChI is InChI=1S/C24H25BrN2O4S/c1-17(19-9-6-10-21(25)15-19)27-24(28)20-11-12-22(31-2)23(16-20)32(29,30)26-14-13-18-7-4-3-5-8-18/h3-12,15-17,26H,13-14H2,1-2H3,(H,27,28). The highest BCUT2D eigenvalue weighted by Crippen LogP contribution is 2.25. The van der Waals surface area contributed by atoms with E-state index in [9.17, 15) is 13.2 Å². The summed E-state index contributed by atoms with van der Waals surface area (Å²) in [5, 5.41) is 2.90. The van der Waals surface area contributed by atoms with Gasteiger partial charge in [-0.3, -0.25) is 4.79 Å². The predicted octanol–water partition coefficient (Wildman–Crippen LogP) is 4.47. The number of nitrogens with one attached hydrogen (secondary N) is 2. The number of methoxy groups -OCH3 is 1. The predicted molar refractivity (Wildman–Crippen MR) is 128 cm³/mol. The van der Waals surface area contributed by atoms with Gasteiger partial charge in [0, 0.05) is 16.6 Å². The summed E-state index contributed by atoms with van der Waals surface area (Å²) in [6, 6.07) is 21.3. The second-order valence-electron chi connectivity index (χ2n) is 7.25. The summed E-state index contributed by atoms with van der Waals surface area (Å²) in [4.78, 5) is 12.7. The molecule has 8 heteroatoms. The van der Waals surface area contributed by atoms with Crippen LogP contribution in [-0.2, 0) is 16.4 Å². The first kappa shape index (κ1) is 24.0. The molecular weight excluding hydrogens is 492 g/mol. The molecule has 0 bridgehead atoms. The van der Waals surface area contributed by atoms with Gasteiger partial charge in [0.15, 0.2) is 0 Å². The third-order valence-electron chi connectivity index (χ3n) is 4.96. The van der Waals surface area contributed by atoms with Crippen molar-refractivity contribution in [2.45, 2.75) is 24.3 Å². The quantitative estimate of drug-likeness (QED) is 0.439. The second-order valence-corrected chi connectivity index (χ2v) is 9.90. The van der Waals surface area contributed by atoms with Crippen LogP contribution < -0.4 is 14.8 Å². The zero-order valence-corrected chi connectivity index (χ0v) is 20.2. The zero-order valence-electron chi connectivity index (χ0n) is 17.8. The Labute approximate surface area is 197 Å². The van der Waals surface area contributed by atoms with Crippen LogP contribution in [0.15, 0.2) is 82.2 Å². The number of hydrogen-bond acceptors (Lipinski definition) is 4. The maximum atomic E-state index is 12.9. The highest BCUT2D eigenvalue weighted by atomic mass is 79.9. The molecule has 1 amide bonds. The summed E-state index contributed by atoms with van der Waals surface area (Å²) in [6.07, 6.45) is 0.548. The number of amides is 1. The summed E-state index contributed by atoms with van der Waals surface area (Å²) >= 11 is 3.42. The normalized spacial score (nSPS) is 12.2. The first-order chi connectivity index (χ1) is 15.3. The summed E-state index contributed by atoms with van der Waals surface area (Å²) in [5.74, 6) is -0.199.